The fourth-order valence-electron chi connectivity index (χ4n) is 8.95. The maximum absolute atomic E-state index is 12.7. The summed E-state index contributed by atoms with van der Waals surface area (Å²) in [6, 6.07) is 0. The van der Waals surface area contributed by atoms with Crippen LogP contribution < -0.4 is 5.73 Å². The zero-order valence-corrected chi connectivity index (χ0v) is 49.7. The van der Waals surface area contributed by atoms with E-state index in [0.29, 0.717) is 6.42 Å². The molecule has 2 atom stereocenters. The molecule has 0 fully saturated rings. The lowest BCUT2D eigenvalue weighted by atomic mass is 10.0. The summed E-state index contributed by atoms with van der Waals surface area (Å²) in [5, 5.41) is 0. The Morgan fingerprint density at radius 2 is 0.733 bits per heavy atom. The number of ether oxygens (including phenoxy) is 2. The quantitative estimate of drug-likeness (QED) is 0.0264. The van der Waals surface area contributed by atoms with Crippen LogP contribution in [0.1, 0.15) is 296 Å². The number of carbonyl (C=O) groups is 2. The van der Waals surface area contributed by atoms with Crippen LogP contribution in [-0.2, 0) is 32.7 Å². The van der Waals surface area contributed by atoms with Gasteiger partial charge in [-0.1, -0.05) is 273 Å². The van der Waals surface area contributed by atoms with Crippen molar-refractivity contribution in [2.24, 2.45) is 5.73 Å². The van der Waals surface area contributed by atoms with E-state index in [0.717, 1.165) is 77.0 Å². The van der Waals surface area contributed by atoms with Crippen molar-refractivity contribution < 1.29 is 37.6 Å². The van der Waals surface area contributed by atoms with Gasteiger partial charge in [0.15, 0.2) is 6.10 Å². The van der Waals surface area contributed by atoms with Gasteiger partial charge in [0.25, 0.3) is 0 Å². The molecule has 436 valence electrons. The minimum atomic E-state index is -4.39. The molecule has 0 aliphatic heterocycles. The lowest BCUT2D eigenvalue weighted by Crippen LogP contribution is -2.29. The van der Waals surface area contributed by atoms with Crippen molar-refractivity contribution in [3.8, 4) is 0 Å². The van der Waals surface area contributed by atoms with Crippen LogP contribution in [0.3, 0.4) is 0 Å². The molecule has 0 radical (unpaired) electrons. The predicted molar refractivity (Wildman–Crippen MR) is 321 cm³/mol. The van der Waals surface area contributed by atoms with Gasteiger partial charge in [-0.3, -0.25) is 18.6 Å². The Labute approximate surface area is 462 Å². The molecule has 0 heterocycles. The topological polar surface area (TPSA) is 134 Å². The van der Waals surface area contributed by atoms with Gasteiger partial charge in [-0.2, -0.15) is 0 Å². The summed E-state index contributed by atoms with van der Waals surface area (Å²) in [6.45, 7) is 3.64. The number of unbranched alkanes of at least 4 members (excludes halogenated alkanes) is 34. The molecule has 2 unspecified atom stereocenters. The summed E-state index contributed by atoms with van der Waals surface area (Å²) in [4.78, 5) is 35.2. The van der Waals surface area contributed by atoms with Crippen LogP contribution in [0.2, 0.25) is 0 Å². The molecule has 0 aromatic rings. The predicted octanol–water partition coefficient (Wildman–Crippen LogP) is 20.1. The van der Waals surface area contributed by atoms with Crippen LogP contribution in [0.15, 0.2) is 72.9 Å². The minimum absolute atomic E-state index is 0.0509. The molecular formula is C65H118NO8P. The van der Waals surface area contributed by atoms with E-state index < -0.39 is 26.5 Å². The molecule has 0 aliphatic rings. The largest absolute Gasteiger partial charge is 0.472 e. The lowest BCUT2D eigenvalue weighted by Gasteiger charge is -2.19. The van der Waals surface area contributed by atoms with Crippen molar-refractivity contribution in [1.82, 2.24) is 0 Å². The standard InChI is InChI=1S/C65H118NO8P/c1-3-5-7-9-11-13-15-17-19-21-22-23-24-25-26-27-28-29-30-31-32-33-34-35-36-37-38-39-40-42-44-46-48-50-52-54-56-58-65(68)74-63(62-73-75(69,70)72-60-59-66)61-71-64(67)57-55-53-51-49-47-45-43-41-20-18-16-14-12-10-8-6-4-2/h6,8,12,14-15,17-18,20-22,24-25,63H,3-5,7,9-11,13,16,19,23,26-62,66H2,1-2H3,(H,69,70)/b8-6-,14-12-,17-15-,20-18-,22-21-,25-24-. The lowest BCUT2D eigenvalue weighted by molar-refractivity contribution is -0.161. The van der Waals surface area contributed by atoms with Crippen molar-refractivity contribution in [3.05, 3.63) is 72.9 Å². The number of hydrogen-bond acceptors (Lipinski definition) is 8. The van der Waals surface area contributed by atoms with Gasteiger partial charge in [0.2, 0.25) is 0 Å². The molecule has 0 bridgehead atoms. The monoisotopic (exact) mass is 1070 g/mol. The molecule has 0 aliphatic carbocycles. The molecule has 75 heavy (non-hydrogen) atoms. The van der Waals surface area contributed by atoms with E-state index in [4.69, 9.17) is 24.3 Å². The molecular weight excluding hydrogens is 954 g/mol. The van der Waals surface area contributed by atoms with E-state index in [-0.39, 0.29) is 38.6 Å². The van der Waals surface area contributed by atoms with Crippen molar-refractivity contribution in [2.75, 3.05) is 26.4 Å². The summed E-state index contributed by atoms with van der Waals surface area (Å²) in [7, 11) is -4.39. The fraction of sp³-hybridized carbons (Fsp3) is 0.785. The van der Waals surface area contributed by atoms with Crippen molar-refractivity contribution >= 4 is 19.8 Å². The van der Waals surface area contributed by atoms with Gasteiger partial charge in [0.1, 0.15) is 6.61 Å². The van der Waals surface area contributed by atoms with Gasteiger partial charge in [-0.25, -0.2) is 4.57 Å². The summed E-state index contributed by atoms with van der Waals surface area (Å²) < 4.78 is 33.0. The Morgan fingerprint density at radius 3 is 1.09 bits per heavy atom. The molecule has 0 saturated carbocycles. The first kappa shape index (κ1) is 72.5. The van der Waals surface area contributed by atoms with Crippen LogP contribution in [-0.4, -0.2) is 49.3 Å². The van der Waals surface area contributed by atoms with Crippen LogP contribution in [0.5, 0.6) is 0 Å². The molecule has 0 aromatic carbocycles. The maximum atomic E-state index is 12.7. The van der Waals surface area contributed by atoms with E-state index in [1.165, 1.54) is 186 Å². The van der Waals surface area contributed by atoms with Crippen LogP contribution >= 0.6 is 7.82 Å². The molecule has 10 heteroatoms. The van der Waals surface area contributed by atoms with Crippen molar-refractivity contribution in [2.45, 2.75) is 302 Å². The zero-order chi connectivity index (χ0) is 54.5. The summed E-state index contributed by atoms with van der Waals surface area (Å²) in [5.41, 5.74) is 5.38. The Balaban J connectivity index is 3.82. The first-order valence-corrected chi connectivity index (χ1v) is 32.9. The molecule has 0 amide bonds. The minimum Gasteiger partial charge on any atom is -0.462 e. The number of nitrogens with two attached hydrogens (primary N) is 1. The SMILES string of the molecule is CC/C=C\C/C=C\C/C=C\CCCCCCCCCC(=O)OCC(COP(=O)(O)OCCN)OC(=O)CCCCCCCCCCCCCCCCCCCCCCCC/C=C\C/C=C\C/C=C\CCCCCCC. The third-order valence-corrected chi connectivity index (χ3v) is 14.6. The highest BCUT2D eigenvalue weighted by molar-refractivity contribution is 7.47. The number of phosphoric ester groups is 1. The van der Waals surface area contributed by atoms with Crippen LogP contribution in [0.25, 0.3) is 0 Å². The van der Waals surface area contributed by atoms with Crippen molar-refractivity contribution in [1.29, 1.82) is 0 Å². The molecule has 0 spiro atoms. The Bertz CT molecular complexity index is 1460. The first-order valence-electron chi connectivity index (χ1n) is 31.4. The van der Waals surface area contributed by atoms with Gasteiger partial charge in [-0.05, 0) is 83.5 Å². The second-order valence-corrected chi connectivity index (χ2v) is 22.3. The molecule has 9 nitrogen and oxygen atoms in total. The smallest absolute Gasteiger partial charge is 0.462 e. The molecule has 0 saturated heterocycles. The number of hydrogen-bond donors (Lipinski definition) is 2. The molecule has 3 N–H and O–H groups in total. The zero-order valence-electron chi connectivity index (χ0n) is 48.8. The first-order chi connectivity index (χ1) is 36.8. The Hall–Kier alpha value is -2.55. The normalized spacial score (nSPS) is 13.5. The molecule has 0 aromatic heterocycles. The number of rotatable bonds is 59. The third-order valence-electron chi connectivity index (χ3n) is 13.6. The van der Waals surface area contributed by atoms with E-state index in [2.05, 4.69) is 86.8 Å². The summed E-state index contributed by atoms with van der Waals surface area (Å²) >= 11 is 0. The number of phosphoric acid groups is 1. The van der Waals surface area contributed by atoms with E-state index in [1.807, 2.05) is 0 Å². The Kier molecular flexibility index (Phi) is 58.6. The number of carbonyl (C=O) groups excluding carboxylic acids is 2. The number of esters is 2. The van der Waals surface area contributed by atoms with E-state index >= 15 is 0 Å². The summed E-state index contributed by atoms with van der Waals surface area (Å²) in [5.74, 6) is -0.831. The van der Waals surface area contributed by atoms with Gasteiger partial charge < -0.3 is 20.1 Å². The van der Waals surface area contributed by atoms with Gasteiger partial charge in [-0.15, -0.1) is 0 Å². The third kappa shape index (κ3) is 60.5. The average Bonchev–Trinajstić information content (AvgIpc) is 3.40. The second kappa shape index (κ2) is 60.7. The second-order valence-electron chi connectivity index (χ2n) is 20.9. The van der Waals surface area contributed by atoms with Crippen molar-refractivity contribution in [3.63, 3.8) is 0 Å². The average molecular weight is 1070 g/mol. The highest BCUT2D eigenvalue weighted by atomic mass is 31.2. The fourth-order valence-corrected chi connectivity index (χ4v) is 9.72. The van der Waals surface area contributed by atoms with E-state index in [9.17, 15) is 19.0 Å². The molecule has 0 rings (SSSR count). The summed E-state index contributed by atoms with van der Waals surface area (Å²) in [6.07, 6.45) is 78.4. The van der Waals surface area contributed by atoms with Gasteiger partial charge in [0, 0.05) is 19.4 Å². The highest BCUT2D eigenvalue weighted by Gasteiger charge is 2.26. The van der Waals surface area contributed by atoms with Crippen LogP contribution in [0, 0.1) is 0 Å². The van der Waals surface area contributed by atoms with Crippen LogP contribution in [0.4, 0.5) is 0 Å². The van der Waals surface area contributed by atoms with E-state index in [1.54, 1.807) is 0 Å². The van der Waals surface area contributed by atoms with Gasteiger partial charge in [0.05, 0.1) is 13.2 Å². The number of allylic oxidation sites excluding steroid dienone is 12. The van der Waals surface area contributed by atoms with Gasteiger partial charge >= 0.3 is 19.8 Å². The Morgan fingerprint density at radius 1 is 0.413 bits per heavy atom. The maximum Gasteiger partial charge on any atom is 0.472 e. The highest BCUT2D eigenvalue weighted by Crippen LogP contribution is 2.43.